The van der Waals surface area contributed by atoms with E-state index in [0.29, 0.717) is 18.2 Å². The highest BCUT2D eigenvalue weighted by Crippen LogP contribution is 2.03. The minimum absolute atomic E-state index is 0.180. The first-order valence-corrected chi connectivity index (χ1v) is 5.60. The maximum absolute atomic E-state index is 11.4. The first kappa shape index (κ1) is 11.2. The molecular weight excluding hydrogens is 248 g/mol. The largest absolute Gasteiger partial charge is 0.364 e. The van der Waals surface area contributed by atoms with E-state index in [1.54, 1.807) is 6.07 Å². The normalized spacial score (nSPS) is 12.4. The molecule has 1 unspecified atom stereocenters. The highest BCUT2D eigenvalue weighted by molar-refractivity contribution is 9.09. The molecule has 0 aliphatic heterocycles. The number of nitrogens with one attached hydrogen (secondary N) is 1. The van der Waals surface area contributed by atoms with Crippen molar-refractivity contribution in [2.45, 2.75) is 13.3 Å². The SMILES string of the molecule is CC(CCBr)CNC(=O)c1ccon1. The topological polar surface area (TPSA) is 55.1 Å². The Kier molecular flexibility index (Phi) is 4.65. The van der Waals surface area contributed by atoms with Gasteiger partial charge < -0.3 is 9.84 Å². The molecule has 0 spiro atoms. The summed E-state index contributed by atoms with van der Waals surface area (Å²) in [6.45, 7) is 2.75. The van der Waals surface area contributed by atoms with E-state index >= 15 is 0 Å². The molecule has 1 N–H and O–H groups in total. The Morgan fingerprint density at radius 1 is 1.79 bits per heavy atom. The molecule has 0 saturated carbocycles. The van der Waals surface area contributed by atoms with Gasteiger partial charge in [-0.05, 0) is 12.3 Å². The van der Waals surface area contributed by atoms with Crippen LogP contribution in [0.2, 0.25) is 0 Å². The number of halogens is 1. The highest BCUT2D eigenvalue weighted by Gasteiger charge is 2.09. The van der Waals surface area contributed by atoms with Crippen LogP contribution in [0.15, 0.2) is 16.9 Å². The fourth-order valence-corrected chi connectivity index (χ4v) is 1.76. The predicted octanol–water partition coefficient (Wildman–Crippen LogP) is 1.83. The summed E-state index contributed by atoms with van der Waals surface area (Å²) in [6.07, 6.45) is 2.43. The van der Waals surface area contributed by atoms with E-state index in [9.17, 15) is 4.79 Å². The number of amides is 1. The van der Waals surface area contributed by atoms with Crippen LogP contribution >= 0.6 is 15.9 Å². The lowest BCUT2D eigenvalue weighted by molar-refractivity contribution is 0.0939. The smallest absolute Gasteiger partial charge is 0.273 e. The monoisotopic (exact) mass is 260 g/mol. The molecule has 0 aromatic carbocycles. The van der Waals surface area contributed by atoms with Crippen LogP contribution in [0.4, 0.5) is 0 Å². The molecule has 1 atom stereocenters. The molecule has 0 aliphatic carbocycles. The molecule has 0 aliphatic rings. The van der Waals surface area contributed by atoms with Gasteiger partial charge in [-0.25, -0.2) is 0 Å². The maximum atomic E-state index is 11.4. The van der Waals surface area contributed by atoms with Crippen LogP contribution in [-0.4, -0.2) is 22.9 Å². The predicted molar refractivity (Wildman–Crippen MR) is 56.4 cm³/mol. The second kappa shape index (κ2) is 5.80. The van der Waals surface area contributed by atoms with Gasteiger partial charge in [-0.3, -0.25) is 4.79 Å². The average molecular weight is 261 g/mol. The van der Waals surface area contributed by atoms with Crippen LogP contribution in [0.5, 0.6) is 0 Å². The number of carbonyl (C=O) groups is 1. The van der Waals surface area contributed by atoms with E-state index < -0.39 is 0 Å². The molecule has 0 fully saturated rings. The quantitative estimate of drug-likeness (QED) is 0.822. The third kappa shape index (κ3) is 3.49. The third-order valence-electron chi connectivity index (χ3n) is 1.88. The minimum Gasteiger partial charge on any atom is -0.364 e. The maximum Gasteiger partial charge on any atom is 0.273 e. The lowest BCUT2D eigenvalue weighted by atomic mass is 10.1. The van der Waals surface area contributed by atoms with Crippen molar-refractivity contribution in [2.75, 3.05) is 11.9 Å². The summed E-state index contributed by atoms with van der Waals surface area (Å²) < 4.78 is 4.57. The van der Waals surface area contributed by atoms with Crippen molar-refractivity contribution in [3.05, 3.63) is 18.0 Å². The summed E-state index contributed by atoms with van der Waals surface area (Å²) in [5.41, 5.74) is 0.330. The van der Waals surface area contributed by atoms with Crippen molar-refractivity contribution in [1.82, 2.24) is 10.5 Å². The molecule has 78 valence electrons. The highest BCUT2D eigenvalue weighted by atomic mass is 79.9. The average Bonchev–Trinajstić information content (AvgIpc) is 2.67. The summed E-state index contributed by atoms with van der Waals surface area (Å²) >= 11 is 3.36. The Balaban J connectivity index is 2.28. The number of rotatable bonds is 5. The van der Waals surface area contributed by atoms with Crippen LogP contribution in [0.1, 0.15) is 23.8 Å². The van der Waals surface area contributed by atoms with Gasteiger partial charge in [0, 0.05) is 17.9 Å². The van der Waals surface area contributed by atoms with Crippen molar-refractivity contribution in [1.29, 1.82) is 0 Å². The van der Waals surface area contributed by atoms with Gasteiger partial charge in [0.15, 0.2) is 5.69 Å². The molecule has 4 nitrogen and oxygen atoms in total. The van der Waals surface area contributed by atoms with Gasteiger partial charge in [-0.15, -0.1) is 0 Å². The third-order valence-corrected chi connectivity index (χ3v) is 2.34. The Morgan fingerprint density at radius 3 is 3.14 bits per heavy atom. The zero-order chi connectivity index (χ0) is 10.4. The van der Waals surface area contributed by atoms with E-state index in [1.807, 2.05) is 0 Å². The van der Waals surface area contributed by atoms with Gasteiger partial charge in [0.1, 0.15) is 6.26 Å². The second-order valence-corrected chi connectivity index (χ2v) is 3.97. The minimum atomic E-state index is -0.180. The van der Waals surface area contributed by atoms with Crippen LogP contribution in [0, 0.1) is 5.92 Å². The summed E-state index contributed by atoms with van der Waals surface area (Å²) in [6, 6.07) is 1.55. The molecule has 5 heteroatoms. The summed E-state index contributed by atoms with van der Waals surface area (Å²) in [7, 11) is 0. The van der Waals surface area contributed by atoms with Crippen molar-refractivity contribution in [3.63, 3.8) is 0 Å². The van der Waals surface area contributed by atoms with Gasteiger partial charge >= 0.3 is 0 Å². The van der Waals surface area contributed by atoms with Gasteiger partial charge in [0.05, 0.1) is 0 Å². The van der Waals surface area contributed by atoms with Gasteiger partial charge in [0.2, 0.25) is 0 Å². The number of hydrogen-bond acceptors (Lipinski definition) is 3. The van der Waals surface area contributed by atoms with Crippen LogP contribution < -0.4 is 5.32 Å². The van der Waals surface area contributed by atoms with Crippen LogP contribution in [-0.2, 0) is 0 Å². The zero-order valence-electron chi connectivity index (χ0n) is 8.00. The van der Waals surface area contributed by atoms with Gasteiger partial charge in [-0.2, -0.15) is 0 Å². The number of alkyl halides is 1. The molecule has 0 bridgehead atoms. The van der Waals surface area contributed by atoms with Crippen LogP contribution in [0.3, 0.4) is 0 Å². The Bertz CT molecular complexity index is 274. The van der Waals surface area contributed by atoms with E-state index in [2.05, 4.69) is 37.9 Å². The Morgan fingerprint density at radius 2 is 2.57 bits per heavy atom. The first-order chi connectivity index (χ1) is 6.74. The van der Waals surface area contributed by atoms with E-state index in [-0.39, 0.29) is 5.91 Å². The summed E-state index contributed by atoms with van der Waals surface area (Å²) in [5, 5.41) is 7.28. The van der Waals surface area contributed by atoms with E-state index in [4.69, 9.17) is 0 Å². The van der Waals surface area contributed by atoms with Crippen molar-refractivity contribution in [3.8, 4) is 0 Å². The number of carbonyl (C=O) groups excluding carboxylic acids is 1. The Hall–Kier alpha value is -0.840. The molecule has 0 radical (unpaired) electrons. The molecule has 0 saturated heterocycles. The lowest BCUT2D eigenvalue weighted by Gasteiger charge is -2.09. The number of nitrogens with zero attached hydrogens (tertiary/aromatic N) is 1. The molecule has 1 aromatic heterocycles. The lowest BCUT2D eigenvalue weighted by Crippen LogP contribution is -2.28. The molecule has 1 heterocycles. The molecular formula is C9H13BrN2O2. The van der Waals surface area contributed by atoms with Crippen molar-refractivity contribution < 1.29 is 9.32 Å². The van der Waals surface area contributed by atoms with Crippen molar-refractivity contribution in [2.24, 2.45) is 5.92 Å². The van der Waals surface area contributed by atoms with Gasteiger partial charge in [-0.1, -0.05) is 28.0 Å². The van der Waals surface area contributed by atoms with Gasteiger partial charge in [0.25, 0.3) is 5.91 Å². The standard InChI is InChI=1S/C9H13BrN2O2/c1-7(2-4-10)6-11-9(13)8-3-5-14-12-8/h3,5,7H,2,4,6H2,1H3,(H,11,13). The number of aromatic nitrogens is 1. The van der Waals surface area contributed by atoms with E-state index in [1.165, 1.54) is 6.26 Å². The molecule has 1 rings (SSSR count). The summed E-state index contributed by atoms with van der Waals surface area (Å²) in [5.74, 6) is 0.283. The fraction of sp³-hybridized carbons (Fsp3) is 0.556. The number of hydrogen-bond donors (Lipinski definition) is 1. The molecule has 1 amide bonds. The van der Waals surface area contributed by atoms with Crippen molar-refractivity contribution >= 4 is 21.8 Å². The molecule has 1 aromatic rings. The second-order valence-electron chi connectivity index (χ2n) is 3.18. The summed E-state index contributed by atoms with van der Waals surface area (Å²) in [4.78, 5) is 11.4. The first-order valence-electron chi connectivity index (χ1n) is 4.48. The molecule has 14 heavy (non-hydrogen) atoms. The van der Waals surface area contributed by atoms with Crippen LogP contribution in [0.25, 0.3) is 0 Å². The Labute approximate surface area is 91.2 Å². The van der Waals surface area contributed by atoms with E-state index in [0.717, 1.165) is 11.8 Å². The zero-order valence-corrected chi connectivity index (χ0v) is 9.58. The fourth-order valence-electron chi connectivity index (χ4n) is 0.975.